The number of rotatable bonds is 7. The molecule has 2 rings (SSSR count). The molecule has 1 aromatic rings. The Hall–Kier alpha value is -1.56. The van der Waals surface area contributed by atoms with E-state index in [4.69, 9.17) is 5.73 Å². The van der Waals surface area contributed by atoms with Gasteiger partial charge in [-0.1, -0.05) is 27.7 Å². The quantitative estimate of drug-likeness (QED) is 0.722. The fraction of sp³-hybridized carbons (Fsp3) is 0.765. The minimum absolute atomic E-state index is 0.198. The fourth-order valence-electron chi connectivity index (χ4n) is 3.04. The van der Waals surface area contributed by atoms with E-state index in [9.17, 15) is 4.79 Å². The van der Waals surface area contributed by atoms with Crippen LogP contribution in [0.3, 0.4) is 0 Å². The minimum atomic E-state index is -0.323. The molecule has 0 radical (unpaired) electrons. The molecule has 1 fully saturated rings. The van der Waals surface area contributed by atoms with Crippen LogP contribution in [0.25, 0.3) is 0 Å². The second-order valence-electron chi connectivity index (χ2n) is 7.65. The lowest BCUT2D eigenvalue weighted by molar-refractivity contribution is 0.234. The molecule has 130 valence electrons. The fourth-order valence-corrected chi connectivity index (χ4v) is 3.04. The van der Waals surface area contributed by atoms with Crippen LogP contribution in [0, 0.1) is 11.8 Å². The van der Waals surface area contributed by atoms with Crippen LogP contribution < -0.4 is 16.4 Å². The van der Waals surface area contributed by atoms with Crippen LogP contribution in [0.5, 0.6) is 0 Å². The van der Waals surface area contributed by atoms with Gasteiger partial charge in [0, 0.05) is 13.1 Å². The van der Waals surface area contributed by atoms with Gasteiger partial charge in [-0.25, -0.2) is 4.79 Å². The Balaban J connectivity index is 2.09. The van der Waals surface area contributed by atoms with Gasteiger partial charge < -0.3 is 16.4 Å². The van der Waals surface area contributed by atoms with E-state index < -0.39 is 0 Å². The maximum atomic E-state index is 12.4. The lowest BCUT2D eigenvalue weighted by Crippen LogP contribution is -2.54. The van der Waals surface area contributed by atoms with E-state index in [-0.39, 0.29) is 17.5 Å². The van der Waals surface area contributed by atoms with Crippen molar-refractivity contribution in [3.63, 3.8) is 0 Å². The molecule has 0 bridgehead atoms. The number of nitrogens with zero attached hydrogens (tertiary/aromatic N) is 2. The van der Waals surface area contributed by atoms with E-state index in [2.05, 4.69) is 43.4 Å². The van der Waals surface area contributed by atoms with E-state index >= 15 is 0 Å². The van der Waals surface area contributed by atoms with Crippen molar-refractivity contribution in [2.24, 2.45) is 17.6 Å². The molecule has 4 N–H and O–H groups in total. The lowest BCUT2D eigenvalue weighted by atomic mass is 9.96. The van der Waals surface area contributed by atoms with Crippen molar-refractivity contribution in [2.45, 2.75) is 65.5 Å². The van der Waals surface area contributed by atoms with Crippen molar-refractivity contribution in [2.75, 3.05) is 11.9 Å². The summed E-state index contributed by atoms with van der Waals surface area (Å²) in [6.07, 6.45) is 4.02. The molecule has 0 aliphatic heterocycles. The molecule has 6 nitrogen and oxygen atoms in total. The zero-order valence-electron chi connectivity index (χ0n) is 15.0. The third-order valence-electron chi connectivity index (χ3n) is 4.51. The van der Waals surface area contributed by atoms with E-state index in [0.717, 1.165) is 30.8 Å². The second-order valence-corrected chi connectivity index (χ2v) is 7.65. The standard InChI is InChI=1S/C17H31N5O/c1-11(2)9-22-15(12(3)4)14(8-19-22)20-16(23)21-17(5,10-18)13-6-7-13/h8,11-13H,6-7,9-10,18H2,1-5H3,(H2,20,21,23). The zero-order chi connectivity index (χ0) is 17.2. The monoisotopic (exact) mass is 321 g/mol. The third kappa shape index (κ3) is 4.25. The molecule has 1 saturated carbocycles. The number of carbonyl (C=O) groups is 1. The van der Waals surface area contributed by atoms with Crippen molar-refractivity contribution >= 4 is 11.7 Å². The van der Waals surface area contributed by atoms with Gasteiger partial charge in [-0.3, -0.25) is 4.68 Å². The van der Waals surface area contributed by atoms with Gasteiger partial charge >= 0.3 is 6.03 Å². The highest BCUT2D eigenvalue weighted by atomic mass is 16.2. The molecule has 2 amide bonds. The van der Waals surface area contributed by atoms with E-state index in [1.165, 1.54) is 0 Å². The number of aromatic nitrogens is 2. The van der Waals surface area contributed by atoms with E-state index in [1.54, 1.807) is 6.20 Å². The minimum Gasteiger partial charge on any atom is -0.331 e. The molecule has 6 heteroatoms. The third-order valence-corrected chi connectivity index (χ3v) is 4.51. The molecule has 0 saturated heterocycles. The Morgan fingerprint density at radius 2 is 2.09 bits per heavy atom. The summed E-state index contributed by atoms with van der Waals surface area (Å²) >= 11 is 0. The SMILES string of the molecule is CC(C)Cn1ncc(NC(=O)NC(C)(CN)C2CC2)c1C(C)C. The van der Waals surface area contributed by atoms with Gasteiger partial charge in [-0.15, -0.1) is 0 Å². The van der Waals surface area contributed by atoms with Gasteiger partial charge in [-0.2, -0.15) is 5.10 Å². The smallest absolute Gasteiger partial charge is 0.319 e. The highest BCUT2D eigenvalue weighted by Crippen LogP contribution is 2.39. The predicted octanol–water partition coefficient (Wildman–Crippen LogP) is 2.91. The first kappa shape index (κ1) is 17.8. The van der Waals surface area contributed by atoms with Gasteiger partial charge in [0.15, 0.2) is 0 Å². The van der Waals surface area contributed by atoms with Gasteiger partial charge in [0.05, 0.1) is 23.1 Å². The summed E-state index contributed by atoms with van der Waals surface area (Å²) in [7, 11) is 0. The molecule has 0 spiro atoms. The number of hydrogen-bond donors (Lipinski definition) is 3. The molecule has 1 aromatic heterocycles. The average Bonchev–Trinajstić information content (AvgIpc) is 3.23. The van der Waals surface area contributed by atoms with Crippen molar-refractivity contribution in [3.05, 3.63) is 11.9 Å². The molecule has 1 atom stereocenters. The van der Waals surface area contributed by atoms with Crippen molar-refractivity contribution < 1.29 is 4.79 Å². The number of nitrogens with one attached hydrogen (secondary N) is 2. The van der Waals surface area contributed by atoms with E-state index in [0.29, 0.717) is 18.4 Å². The molecule has 1 heterocycles. The largest absolute Gasteiger partial charge is 0.331 e. The van der Waals surface area contributed by atoms with Crippen LogP contribution >= 0.6 is 0 Å². The number of amides is 2. The number of nitrogens with two attached hydrogens (primary N) is 1. The van der Waals surface area contributed by atoms with Crippen LogP contribution in [-0.4, -0.2) is 27.9 Å². The summed E-state index contributed by atoms with van der Waals surface area (Å²) in [5, 5.41) is 10.5. The number of anilines is 1. The summed E-state index contributed by atoms with van der Waals surface area (Å²) in [4.78, 5) is 12.4. The molecular weight excluding hydrogens is 290 g/mol. The zero-order valence-corrected chi connectivity index (χ0v) is 15.0. The maximum absolute atomic E-state index is 12.4. The number of hydrogen-bond acceptors (Lipinski definition) is 3. The van der Waals surface area contributed by atoms with Crippen molar-refractivity contribution in [1.82, 2.24) is 15.1 Å². The second kappa shape index (κ2) is 6.91. The molecular formula is C17H31N5O. The molecule has 1 aliphatic rings. The Bertz CT molecular complexity index is 547. The van der Waals surface area contributed by atoms with Gasteiger partial charge in [0.2, 0.25) is 0 Å². The summed E-state index contributed by atoms with van der Waals surface area (Å²) < 4.78 is 1.99. The molecule has 1 unspecified atom stereocenters. The van der Waals surface area contributed by atoms with Crippen LogP contribution in [0.1, 0.15) is 59.1 Å². The lowest BCUT2D eigenvalue weighted by Gasteiger charge is -2.29. The van der Waals surface area contributed by atoms with Crippen molar-refractivity contribution in [3.8, 4) is 0 Å². The van der Waals surface area contributed by atoms with Crippen LogP contribution in [0.15, 0.2) is 6.20 Å². The topological polar surface area (TPSA) is 85.0 Å². The molecule has 0 aromatic carbocycles. The Kier molecular flexibility index (Phi) is 5.34. The predicted molar refractivity (Wildman–Crippen MR) is 93.5 cm³/mol. The maximum Gasteiger partial charge on any atom is 0.319 e. The Morgan fingerprint density at radius 1 is 1.43 bits per heavy atom. The number of urea groups is 1. The van der Waals surface area contributed by atoms with Crippen LogP contribution in [-0.2, 0) is 6.54 Å². The Labute approximate surface area is 139 Å². The average molecular weight is 321 g/mol. The Morgan fingerprint density at radius 3 is 2.57 bits per heavy atom. The first-order chi connectivity index (χ1) is 10.8. The first-order valence-electron chi connectivity index (χ1n) is 8.61. The summed E-state index contributed by atoms with van der Waals surface area (Å²) in [5.41, 5.74) is 7.39. The van der Waals surface area contributed by atoms with E-state index in [1.807, 2.05) is 11.6 Å². The highest BCUT2D eigenvalue weighted by molar-refractivity contribution is 5.90. The highest BCUT2D eigenvalue weighted by Gasteiger charge is 2.41. The van der Waals surface area contributed by atoms with Gasteiger partial charge in [0.25, 0.3) is 0 Å². The molecule has 1 aliphatic carbocycles. The first-order valence-corrected chi connectivity index (χ1v) is 8.61. The molecule has 23 heavy (non-hydrogen) atoms. The number of carbonyl (C=O) groups excluding carboxylic acids is 1. The van der Waals surface area contributed by atoms with Crippen molar-refractivity contribution in [1.29, 1.82) is 0 Å². The summed E-state index contributed by atoms with van der Waals surface area (Å²) in [5.74, 6) is 1.28. The van der Waals surface area contributed by atoms with Gasteiger partial charge in [0.1, 0.15) is 0 Å². The summed E-state index contributed by atoms with van der Waals surface area (Å²) in [6.45, 7) is 11.9. The normalized spacial score (nSPS) is 17.4. The van der Waals surface area contributed by atoms with Crippen LogP contribution in [0.4, 0.5) is 10.5 Å². The van der Waals surface area contributed by atoms with Gasteiger partial charge in [-0.05, 0) is 37.5 Å². The summed E-state index contributed by atoms with van der Waals surface area (Å²) in [6, 6.07) is -0.198. The van der Waals surface area contributed by atoms with Crippen LogP contribution in [0.2, 0.25) is 0 Å².